The molecule has 1 aliphatic heterocycles. The first kappa shape index (κ1) is 21.1. The Morgan fingerprint density at radius 2 is 2.11 bits per heavy atom. The Morgan fingerprint density at radius 1 is 1.36 bits per heavy atom. The van der Waals surface area contributed by atoms with Gasteiger partial charge in [0.25, 0.3) is 5.91 Å². The van der Waals surface area contributed by atoms with E-state index in [1.807, 2.05) is 6.92 Å². The number of unbranched alkanes of at least 4 members (excludes halogenated alkanes) is 1. The second-order valence-corrected chi connectivity index (χ2v) is 6.19. The number of para-hydroxylation sites is 2. The molecular formula is C18H23N3O7. The Bertz CT molecular complexity index is 738. The lowest BCUT2D eigenvalue weighted by Crippen LogP contribution is -2.58. The summed E-state index contributed by atoms with van der Waals surface area (Å²) in [6.07, 6.45) is 1.33. The van der Waals surface area contributed by atoms with E-state index in [0.717, 1.165) is 12.8 Å². The Kier molecular flexibility index (Phi) is 7.73. The second-order valence-electron chi connectivity index (χ2n) is 6.19. The second kappa shape index (κ2) is 10.2. The summed E-state index contributed by atoms with van der Waals surface area (Å²) < 4.78 is 10.4. The molecule has 2 amide bonds. The van der Waals surface area contributed by atoms with Crippen molar-refractivity contribution >= 4 is 23.5 Å². The van der Waals surface area contributed by atoms with Crippen molar-refractivity contribution in [2.24, 2.45) is 0 Å². The number of rotatable bonds is 9. The first-order chi connectivity index (χ1) is 13.4. The predicted octanol–water partition coefficient (Wildman–Crippen LogP) is 1.03. The van der Waals surface area contributed by atoms with Gasteiger partial charge in [-0.1, -0.05) is 25.5 Å². The molecule has 1 fully saturated rings. The van der Waals surface area contributed by atoms with Gasteiger partial charge in [-0.15, -0.1) is 0 Å². The number of piperazine rings is 1. The molecule has 1 aromatic rings. The highest BCUT2D eigenvalue weighted by Gasteiger charge is 2.35. The van der Waals surface area contributed by atoms with Crippen LogP contribution in [-0.4, -0.2) is 60.0 Å². The van der Waals surface area contributed by atoms with E-state index in [0.29, 0.717) is 0 Å². The van der Waals surface area contributed by atoms with Crippen molar-refractivity contribution in [2.45, 2.75) is 32.2 Å². The predicted molar refractivity (Wildman–Crippen MR) is 97.6 cm³/mol. The van der Waals surface area contributed by atoms with Crippen LogP contribution in [0.2, 0.25) is 0 Å². The Morgan fingerprint density at radius 3 is 2.82 bits per heavy atom. The molecule has 0 aromatic heterocycles. The van der Waals surface area contributed by atoms with Crippen molar-refractivity contribution in [1.29, 1.82) is 0 Å². The van der Waals surface area contributed by atoms with Gasteiger partial charge in [0.1, 0.15) is 6.04 Å². The average molecular weight is 393 g/mol. The van der Waals surface area contributed by atoms with Gasteiger partial charge in [-0.3, -0.25) is 24.5 Å². The highest BCUT2D eigenvalue weighted by molar-refractivity contribution is 5.92. The minimum Gasteiger partial charge on any atom is -0.477 e. The highest BCUT2D eigenvalue weighted by atomic mass is 16.6. The number of amides is 2. The number of carbonyl (C=O) groups excluding carboxylic acids is 3. The van der Waals surface area contributed by atoms with Crippen LogP contribution in [0.5, 0.6) is 5.75 Å². The third-order valence-electron chi connectivity index (χ3n) is 4.19. The first-order valence-electron chi connectivity index (χ1n) is 9.03. The number of nitrogens with zero attached hydrogens (tertiary/aromatic N) is 2. The summed E-state index contributed by atoms with van der Waals surface area (Å²) in [5.41, 5.74) is -0.261. The van der Waals surface area contributed by atoms with Crippen molar-refractivity contribution in [3.63, 3.8) is 0 Å². The van der Waals surface area contributed by atoms with E-state index in [1.165, 1.54) is 23.1 Å². The fourth-order valence-corrected chi connectivity index (χ4v) is 2.72. The monoisotopic (exact) mass is 393 g/mol. The van der Waals surface area contributed by atoms with E-state index < -0.39 is 35.4 Å². The summed E-state index contributed by atoms with van der Waals surface area (Å²) in [5.74, 6) is -1.59. The molecule has 1 saturated heterocycles. The normalized spacial score (nSPS) is 16.2. The topological polar surface area (TPSA) is 128 Å². The number of nitro benzene ring substituents is 1. The molecule has 1 aliphatic rings. The summed E-state index contributed by atoms with van der Waals surface area (Å²) in [6, 6.07) is 4.70. The number of nitro groups is 1. The third-order valence-corrected chi connectivity index (χ3v) is 4.19. The van der Waals surface area contributed by atoms with Crippen molar-refractivity contribution in [3.8, 4) is 5.75 Å². The van der Waals surface area contributed by atoms with Crippen molar-refractivity contribution < 1.29 is 28.8 Å². The molecule has 0 aliphatic carbocycles. The Balaban J connectivity index is 2.00. The molecule has 28 heavy (non-hydrogen) atoms. The minimum absolute atomic E-state index is 0.0437. The molecule has 152 valence electrons. The molecule has 0 spiro atoms. The van der Waals surface area contributed by atoms with Gasteiger partial charge in [0, 0.05) is 19.2 Å². The SMILES string of the molecule is CCCCOC(=O)CC1C(=O)NCCN1C(=O)COc1ccccc1[N+](=O)[O-]. The Labute approximate surface area is 161 Å². The lowest BCUT2D eigenvalue weighted by atomic mass is 10.1. The number of hydrogen-bond donors (Lipinski definition) is 1. The van der Waals surface area contributed by atoms with E-state index in [9.17, 15) is 24.5 Å². The van der Waals surface area contributed by atoms with Crippen molar-refractivity contribution in [1.82, 2.24) is 10.2 Å². The molecule has 1 N–H and O–H groups in total. The smallest absolute Gasteiger partial charge is 0.310 e. The zero-order valence-electron chi connectivity index (χ0n) is 15.6. The summed E-state index contributed by atoms with van der Waals surface area (Å²) >= 11 is 0. The summed E-state index contributed by atoms with van der Waals surface area (Å²) in [7, 11) is 0. The fourth-order valence-electron chi connectivity index (χ4n) is 2.72. The van der Waals surface area contributed by atoms with Gasteiger partial charge >= 0.3 is 11.7 Å². The van der Waals surface area contributed by atoms with E-state index >= 15 is 0 Å². The summed E-state index contributed by atoms with van der Waals surface area (Å²) in [6.45, 7) is 2.19. The number of ether oxygens (including phenoxy) is 2. The molecule has 1 atom stereocenters. The largest absolute Gasteiger partial charge is 0.477 e. The zero-order valence-corrected chi connectivity index (χ0v) is 15.6. The van der Waals surface area contributed by atoms with Gasteiger partial charge in [-0.05, 0) is 12.5 Å². The molecule has 2 rings (SSSR count). The van der Waals surface area contributed by atoms with Gasteiger partial charge in [-0.2, -0.15) is 0 Å². The molecule has 1 aromatic carbocycles. The number of hydrogen-bond acceptors (Lipinski definition) is 7. The van der Waals surface area contributed by atoms with E-state index in [-0.39, 0.29) is 37.6 Å². The van der Waals surface area contributed by atoms with Crippen LogP contribution < -0.4 is 10.1 Å². The fraction of sp³-hybridized carbons (Fsp3) is 0.500. The standard InChI is InChI=1S/C18H23N3O7/c1-2-3-10-27-17(23)11-14-18(24)19-8-9-20(14)16(22)12-28-15-7-5-4-6-13(15)21(25)26/h4-7,14H,2-3,8-12H2,1H3,(H,19,24). The maximum absolute atomic E-state index is 12.5. The maximum atomic E-state index is 12.5. The zero-order chi connectivity index (χ0) is 20.5. The van der Waals surface area contributed by atoms with E-state index in [2.05, 4.69) is 5.32 Å². The first-order valence-corrected chi connectivity index (χ1v) is 9.03. The number of carbonyl (C=O) groups is 3. The highest BCUT2D eigenvalue weighted by Crippen LogP contribution is 2.25. The van der Waals surface area contributed by atoms with Crippen molar-refractivity contribution in [2.75, 3.05) is 26.3 Å². The van der Waals surface area contributed by atoms with Gasteiger partial charge in [0.15, 0.2) is 12.4 Å². The molecule has 0 saturated carbocycles. The van der Waals surface area contributed by atoms with Crippen LogP contribution in [0.4, 0.5) is 5.69 Å². The van der Waals surface area contributed by atoms with Gasteiger partial charge < -0.3 is 19.7 Å². The van der Waals surface area contributed by atoms with Crippen LogP contribution in [-0.2, 0) is 19.1 Å². The Hall–Kier alpha value is -3.17. The van der Waals surface area contributed by atoms with E-state index in [1.54, 1.807) is 6.07 Å². The number of esters is 1. The van der Waals surface area contributed by atoms with Gasteiger partial charge in [0.05, 0.1) is 18.0 Å². The van der Waals surface area contributed by atoms with Crippen LogP contribution in [0.1, 0.15) is 26.2 Å². The molecule has 10 nitrogen and oxygen atoms in total. The molecular weight excluding hydrogens is 370 g/mol. The van der Waals surface area contributed by atoms with Crippen LogP contribution in [0.15, 0.2) is 24.3 Å². The lowest BCUT2D eigenvalue weighted by molar-refractivity contribution is -0.385. The maximum Gasteiger partial charge on any atom is 0.310 e. The van der Waals surface area contributed by atoms with Gasteiger partial charge in [0.2, 0.25) is 5.91 Å². The summed E-state index contributed by atoms with van der Waals surface area (Å²) in [5, 5.41) is 13.6. The molecule has 1 heterocycles. The van der Waals surface area contributed by atoms with Crippen LogP contribution in [0.25, 0.3) is 0 Å². The minimum atomic E-state index is -0.996. The van der Waals surface area contributed by atoms with Crippen LogP contribution in [0.3, 0.4) is 0 Å². The van der Waals surface area contributed by atoms with Crippen molar-refractivity contribution in [3.05, 3.63) is 34.4 Å². The third kappa shape index (κ3) is 5.66. The van der Waals surface area contributed by atoms with E-state index in [4.69, 9.17) is 9.47 Å². The van der Waals surface area contributed by atoms with Crippen LogP contribution >= 0.6 is 0 Å². The molecule has 0 radical (unpaired) electrons. The number of benzene rings is 1. The lowest BCUT2D eigenvalue weighted by Gasteiger charge is -2.34. The van der Waals surface area contributed by atoms with Crippen LogP contribution in [0, 0.1) is 10.1 Å². The molecule has 1 unspecified atom stereocenters. The van der Waals surface area contributed by atoms with Gasteiger partial charge in [-0.25, -0.2) is 0 Å². The number of nitrogens with one attached hydrogen (secondary N) is 1. The molecule has 0 bridgehead atoms. The quantitative estimate of drug-likeness (QED) is 0.287. The average Bonchev–Trinajstić information content (AvgIpc) is 2.68. The summed E-state index contributed by atoms with van der Waals surface area (Å²) in [4.78, 5) is 48.3. The molecule has 10 heteroatoms.